The van der Waals surface area contributed by atoms with E-state index < -0.39 is 10.0 Å². The summed E-state index contributed by atoms with van der Waals surface area (Å²) in [5, 5.41) is 6.85. The van der Waals surface area contributed by atoms with Crippen molar-refractivity contribution in [2.75, 3.05) is 25.1 Å². The Hall–Kier alpha value is -1.61. The molecule has 1 aromatic heterocycles. The molecule has 9 heteroatoms. The highest BCUT2D eigenvalue weighted by molar-refractivity contribution is 7.88. The summed E-state index contributed by atoms with van der Waals surface area (Å²) in [7, 11) is -1.46. The van der Waals surface area contributed by atoms with Gasteiger partial charge in [0.2, 0.25) is 10.0 Å². The maximum absolute atomic E-state index is 12.0. The molecule has 20 heavy (non-hydrogen) atoms. The Morgan fingerprint density at radius 1 is 1.45 bits per heavy atom. The van der Waals surface area contributed by atoms with Gasteiger partial charge in [-0.3, -0.25) is 9.48 Å². The highest BCUT2D eigenvalue weighted by atomic mass is 32.2. The van der Waals surface area contributed by atoms with Gasteiger partial charge in [-0.15, -0.1) is 0 Å². The standard InChI is InChI=1S/C11H19N5O3S/c1-15-7-9(12)10(14-15)11(17)13-8-3-5-16(6-4-8)20(2,18)19/h7-8H,3-6,12H2,1-2H3,(H,13,17). The fourth-order valence-electron chi connectivity index (χ4n) is 2.27. The zero-order chi connectivity index (χ0) is 14.9. The summed E-state index contributed by atoms with van der Waals surface area (Å²) in [6, 6.07) is -0.0538. The summed E-state index contributed by atoms with van der Waals surface area (Å²) < 4.78 is 25.7. The zero-order valence-electron chi connectivity index (χ0n) is 11.5. The van der Waals surface area contributed by atoms with E-state index in [1.807, 2.05) is 0 Å². The van der Waals surface area contributed by atoms with Crippen LogP contribution in [0.2, 0.25) is 0 Å². The van der Waals surface area contributed by atoms with Gasteiger partial charge in [0.25, 0.3) is 5.91 Å². The van der Waals surface area contributed by atoms with Crippen molar-refractivity contribution in [2.45, 2.75) is 18.9 Å². The molecule has 0 atom stereocenters. The number of carbonyl (C=O) groups excluding carboxylic acids is 1. The average molecular weight is 301 g/mol. The number of hydrogen-bond donors (Lipinski definition) is 2. The van der Waals surface area contributed by atoms with E-state index in [0.29, 0.717) is 31.6 Å². The summed E-state index contributed by atoms with van der Waals surface area (Å²) in [5.41, 5.74) is 6.23. The smallest absolute Gasteiger partial charge is 0.274 e. The Kier molecular flexibility index (Phi) is 4.00. The van der Waals surface area contributed by atoms with E-state index in [4.69, 9.17) is 5.73 Å². The van der Waals surface area contributed by atoms with Crippen LogP contribution in [0.1, 0.15) is 23.3 Å². The molecular weight excluding hydrogens is 282 g/mol. The number of aryl methyl sites for hydroxylation is 1. The van der Waals surface area contributed by atoms with E-state index in [9.17, 15) is 13.2 Å². The predicted molar refractivity (Wildman–Crippen MR) is 74.5 cm³/mol. The minimum Gasteiger partial charge on any atom is -0.396 e. The quantitative estimate of drug-likeness (QED) is 0.756. The van der Waals surface area contributed by atoms with Crippen LogP contribution in [0.15, 0.2) is 6.20 Å². The van der Waals surface area contributed by atoms with E-state index in [-0.39, 0.29) is 17.6 Å². The number of rotatable bonds is 3. The van der Waals surface area contributed by atoms with E-state index in [1.54, 1.807) is 13.2 Å². The number of nitrogens with zero attached hydrogens (tertiary/aromatic N) is 3. The summed E-state index contributed by atoms with van der Waals surface area (Å²) in [5.74, 6) is -0.319. The molecular formula is C11H19N5O3S. The molecule has 2 heterocycles. The van der Waals surface area contributed by atoms with E-state index >= 15 is 0 Å². The lowest BCUT2D eigenvalue weighted by Gasteiger charge is -2.30. The molecule has 1 aliphatic rings. The van der Waals surface area contributed by atoms with Crippen LogP contribution in [0, 0.1) is 0 Å². The van der Waals surface area contributed by atoms with Crippen molar-refractivity contribution in [2.24, 2.45) is 7.05 Å². The van der Waals surface area contributed by atoms with Crippen LogP contribution in [0.4, 0.5) is 5.69 Å². The Balaban J connectivity index is 1.93. The Labute approximate surface area is 118 Å². The van der Waals surface area contributed by atoms with E-state index in [2.05, 4.69) is 10.4 Å². The van der Waals surface area contributed by atoms with Crippen LogP contribution < -0.4 is 11.1 Å². The number of amides is 1. The number of nitrogens with two attached hydrogens (primary N) is 1. The van der Waals surface area contributed by atoms with Crippen LogP contribution in [0.3, 0.4) is 0 Å². The summed E-state index contributed by atoms with van der Waals surface area (Å²) in [4.78, 5) is 12.0. The highest BCUT2D eigenvalue weighted by Gasteiger charge is 2.26. The molecule has 0 radical (unpaired) electrons. The largest absolute Gasteiger partial charge is 0.396 e. The predicted octanol–water partition coefficient (Wildman–Crippen LogP) is -0.844. The summed E-state index contributed by atoms with van der Waals surface area (Å²) in [6.45, 7) is 0.836. The third-order valence-corrected chi connectivity index (χ3v) is 4.63. The molecule has 1 aromatic rings. The van der Waals surface area contributed by atoms with Crippen LogP contribution >= 0.6 is 0 Å². The number of nitrogen functional groups attached to an aromatic ring is 1. The van der Waals surface area contributed by atoms with Gasteiger partial charge in [0, 0.05) is 32.4 Å². The second kappa shape index (κ2) is 5.41. The lowest BCUT2D eigenvalue weighted by atomic mass is 10.1. The number of carbonyl (C=O) groups is 1. The molecule has 1 saturated heterocycles. The van der Waals surface area contributed by atoms with Gasteiger partial charge in [-0.25, -0.2) is 12.7 Å². The van der Waals surface area contributed by atoms with Gasteiger partial charge in [-0.2, -0.15) is 5.10 Å². The first-order valence-electron chi connectivity index (χ1n) is 6.32. The third kappa shape index (κ3) is 3.28. The normalized spacial score (nSPS) is 18.1. The number of aromatic nitrogens is 2. The second-order valence-corrected chi connectivity index (χ2v) is 7.00. The maximum atomic E-state index is 12.0. The van der Waals surface area contributed by atoms with Gasteiger partial charge in [-0.1, -0.05) is 0 Å². The van der Waals surface area contributed by atoms with Gasteiger partial charge < -0.3 is 11.1 Å². The number of nitrogens with one attached hydrogen (secondary N) is 1. The van der Waals surface area contributed by atoms with Gasteiger partial charge in [0.05, 0.1) is 11.9 Å². The molecule has 1 aliphatic heterocycles. The molecule has 2 rings (SSSR count). The van der Waals surface area contributed by atoms with Crippen molar-refractivity contribution < 1.29 is 13.2 Å². The summed E-state index contributed by atoms with van der Waals surface area (Å²) >= 11 is 0. The first kappa shape index (κ1) is 14.8. The van der Waals surface area contributed by atoms with Gasteiger partial charge >= 0.3 is 0 Å². The minimum atomic E-state index is -3.15. The second-order valence-electron chi connectivity index (χ2n) is 5.02. The third-order valence-electron chi connectivity index (χ3n) is 3.33. The molecule has 8 nitrogen and oxygen atoms in total. The highest BCUT2D eigenvalue weighted by Crippen LogP contribution is 2.15. The number of piperidine rings is 1. The molecule has 0 bridgehead atoms. The monoisotopic (exact) mass is 301 g/mol. The molecule has 0 spiro atoms. The zero-order valence-corrected chi connectivity index (χ0v) is 12.4. The molecule has 1 fully saturated rings. The van der Waals surface area contributed by atoms with Crippen molar-refractivity contribution in [1.82, 2.24) is 19.4 Å². The molecule has 1 amide bonds. The topological polar surface area (TPSA) is 110 Å². The fraction of sp³-hybridized carbons (Fsp3) is 0.636. The molecule has 3 N–H and O–H groups in total. The van der Waals surface area contributed by atoms with Crippen molar-refractivity contribution >= 4 is 21.6 Å². The first-order chi connectivity index (χ1) is 9.27. The lowest BCUT2D eigenvalue weighted by molar-refractivity contribution is 0.0919. The van der Waals surface area contributed by atoms with Crippen LogP contribution in [-0.4, -0.2) is 53.8 Å². The first-order valence-corrected chi connectivity index (χ1v) is 8.17. The van der Waals surface area contributed by atoms with Crippen LogP contribution in [0.25, 0.3) is 0 Å². The van der Waals surface area contributed by atoms with Crippen LogP contribution in [0.5, 0.6) is 0 Å². The van der Waals surface area contributed by atoms with E-state index in [0.717, 1.165) is 0 Å². The van der Waals surface area contributed by atoms with E-state index in [1.165, 1.54) is 15.2 Å². The molecule has 112 valence electrons. The number of sulfonamides is 1. The molecule has 0 aromatic carbocycles. The number of hydrogen-bond acceptors (Lipinski definition) is 5. The van der Waals surface area contributed by atoms with Crippen molar-refractivity contribution in [3.8, 4) is 0 Å². The molecule has 0 aliphatic carbocycles. The lowest BCUT2D eigenvalue weighted by Crippen LogP contribution is -2.46. The maximum Gasteiger partial charge on any atom is 0.274 e. The minimum absolute atomic E-state index is 0.0538. The van der Waals surface area contributed by atoms with Gasteiger partial charge in [-0.05, 0) is 12.8 Å². The van der Waals surface area contributed by atoms with Crippen molar-refractivity contribution in [3.05, 3.63) is 11.9 Å². The van der Waals surface area contributed by atoms with Crippen molar-refractivity contribution in [1.29, 1.82) is 0 Å². The Morgan fingerprint density at radius 2 is 2.05 bits per heavy atom. The SMILES string of the molecule is Cn1cc(N)c(C(=O)NC2CCN(S(C)(=O)=O)CC2)n1. The molecule has 0 unspecified atom stereocenters. The van der Waals surface area contributed by atoms with Crippen molar-refractivity contribution in [3.63, 3.8) is 0 Å². The van der Waals surface area contributed by atoms with Gasteiger partial charge in [0.15, 0.2) is 5.69 Å². The van der Waals surface area contributed by atoms with Crippen LogP contribution in [-0.2, 0) is 17.1 Å². The Morgan fingerprint density at radius 3 is 2.50 bits per heavy atom. The number of anilines is 1. The Bertz CT molecular complexity index is 602. The summed E-state index contributed by atoms with van der Waals surface area (Å²) in [6.07, 6.45) is 3.94. The average Bonchev–Trinajstić information content (AvgIpc) is 2.68. The molecule has 0 saturated carbocycles. The van der Waals surface area contributed by atoms with Gasteiger partial charge in [0.1, 0.15) is 0 Å². The fourth-order valence-corrected chi connectivity index (χ4v) is 3.14.